The Kier molecular flexibility index (Phi) is 2.57. The second-order valence-corrected chi connectivity index (χ2v) is 3.57. The molecule has 0 saturated carbocycles. The summed E-state index contributed by atoms with van der Waals surface area (Å²) in [6.07, 6.45) is 0. The molecule has 0 fully saturated rings. The average Bonchev–Trinajstić information content (AvgIpc) is 2.18. The van der Waals surface area contributed by atoms with E-state index in [0.29, 0.717) is 0 Å². The molecule has 13 heavy (non-hydrogen) atoms. The summed E-state index contributed by atoms with van der Waals surface area (Å²) >= 11 is 0. The Morgan fingerprint density at radius 2 is 2.08 bits per heavy atom. The molecule has 0 saturated heterocycles. The van der Waals surface area contributed by atoms with E-state index in [1.54, 1.807) is 0 Å². The first-order chi connectivity index (χ1) is 6.10. The molecule has 0 spiro atoms. The number of nitrogens with one attached hydrogen (secondary N) is 1. The summed E-state index contributed by atoms with van der Waals surface area (Å²) in [7, 11) is 1.87. The van der Waals surface area contributed by atoms with Gasteiger partial charge in [-0.1, -0.05) is 12.1 Å². The lowest BCUT2D eigenvalue weighted by Crippen LogP contribution is -2.13. The molecule has 0 heterocycles. The Morgan fingerprint density at radius 1 is 1.38 bits per heavy atom. The van der Waals surface area contributed by atoms with Crippen LogP contribution < -0.4 is 5.32 Å². The van der Waals surface area contributed by atoms with Crippen LogP contribution in [-0.4, -0.2) is 7.05 Å². The maximum Gasteiger partial charge on any atom is 0.0767 e. The van der Waals surface area contributed by atoms with Crippen LogP contribution in [0.5, 0.6) is 0 Å². The Balaban J connectivity index is 3.10. The van der Waals surface area contributed by atoms with Crippen molar-refractivity contribution in [3.63, 3.8) is 0 Å². The van der Waals surface area contributed by atoms with E-state index in [2.05, 4.69) is 11.4 Å². The van der Waals surface area contributed by atoms with Gasteiger partial charge in [0.1, 0.15) is 0 Å². The lowest BCUT2D eigenvalue weighted by Gasteiger charge is -2.16. The number of hydrogen-bond donors (Lipinski definition) is 1. The first-order valence-corrected chi connectivity index (χ1v) is 4.29. The molecule has 0 aliphatic carbocycles. The third kappa shape index (κ3) is 2.00. The highest BCUT2D eigenvalue weighted by Crippen LogP contribution is 2.24. The second kappa shape index (κ2) is 3.49. The van der Waals surface area contributed by atoms with Gasteiger partial charge in [0.2, 0.25) is 0 Å². The molecule has 1 aromatic carbocycles. The lowest BCUT2D eigenvalue weighted by atomic mass is 9.86. The maximum absolute atomic E-state index is 8.94. The predicted molar refractivity (Wildman–Crippen MR) is 54.6 cm³/mol. The highest BCUT2D eigenvalue weighted by molar-refractivity contribution is 5.48. The third-order valence-corrected chi connectivity index (χ3v) is 2.15. The fraction of sp³-hybridized carbons (Fsp3) is 0.364. The predicted octanol–water partition coefficient (Wildman–Crippen LogP) is 2.53. The molecule has 1 N–H and O–H groups in total. The van der Waals surface area contributed by atoms with Crippen molar-refractivity contribution in [2.45, 2.75) is 19.3 Å². The number of nitriles is 1. The van der Waals surface area contributed by atoms with Gasteiger partial charge in [0.05, 0.1) is 11.5 Å². The van der Waals surface area contributed by atoms with Crippen molar-refractivity contribution in [2.75, 3.05) is 12.4 Å². The minimum absolute atomic E-state index is 0.410. The van der Waals surface area contributed by atoms with Gasteiger partial charge in [-0.2, -0.15) is 5.26 Å². The van der Waals surface area contributed by atoms with Crippen LogP contribution in [0.2, 0.25) is 0 Å². The van der Waals surface area contributed by atoms with Crippen LogP contribution in [0.1, 0.15) is 19.4 Å². The van der Waals surface area contributed by atoms with Gasteiger partial charge in [0, 0.05) is 12.7 Å². The van der Waals surface area contributed by atoms with Crippen LogP contribution in [-0.2, 0) is 5.41 Å². The fourth-order valence-corrected chi connectivity index (χ4v) is 1.13. The minimum atomic E-state index is -0.410. The van der Waals surface area contributed by atoms with Crippen LogP contribution in [0, 0.1) is 11.3 Å². The molecule has 0 aliphatic heterocycles. The van der Waals surface area contributed by atoms with Crippen LogP contribution in [0.3, 0.4) is 0 Å². The Labute approximate surface area is 79.2 Å². The van der Waals surface area contributed by atoms with Crippen molar-refractivity contribution in [2.24, 2.45) is 0 Å². The van der Waals surface area contributed by atoms with Crippen molar-refractivity contribution in [1.82, 2.24) is 0 Å². The van der Waals surface area contributed by atoms with Gasteiger partial charge >= 0.3 is 0 Å². The van der Waals surface area contributed by atoms with Gasteiger partial charge in [-0.3, -0.25) is 0 Å². The third-order valence-electron chi connectivity index (χ3n) is 2.15. The lowest BCUT2D eigenvalue weighted by molar-refractivity contribution is 0.687. The molecular weight excluding hydrogens is 160 g/mol. The van der Waals surface area contributed by atoms with Gasteiger partial charge in [-0.15, -0.1) is 0 Å². The standard InChI is InChI=1S/C11H14N2/c1-11(2,8-12)9-5-4-6-10(7-9)13-3/h4-7,13H,1-3H3. The zero-order chi connectivity index (χ0) is 9.90. The fourth-order valence-electron chi connectivity index (χ4n) is 1.13. The van der Waals surface area contributed by atoms with E-state index in [9.17, 15) is 0 Å². The van der Waals surface area contributed by atoms with E-state index in [-0.39, 0.29) is 0 Å². The minimum Gasteiger partial charge on any atom is -0.388 e. The van der Waals surface area contributed by atoms with Crippen molar-refractivity contribution >= 4 is 5.69 Å². The van der Waals surface area contributed by atoms with Gasteiger partial charge in [-0.25, -0.2) is 0 Å². The quantitative estimate of drug-likeness (QED) is 0.747. The number of hydrogen-bond acceptors (Lipinski definition) is 2. The summed E-state index contributed by atoms with van der Waals surface area (Å²) in [6, 6.07) is 10.2. The Morgan fingerprint density at radius 3 is 2.62 bits per heavy atom. The molecule has 0 radical (unpaired) electrons. The molecule has 1 aromatic rings. The summed E-state index contributed by atoms with van der Waals surface area (Å²) < 4.78 is 0. The second-order valence-electron chi connectivity index (χ2n) is 3.57. The average molecular weight is 174 g/mol. The van der Waals surface area contributed by atoms with E-state index >= 15 is 0 Å². The summed E-state index contributed by atoms with van der Waals surface area (Å²) in [5, 5.41) is 12.0. The largest absolute Gasteiger partial charge is 0.388 e. The highest BCUT2D eigenvalue weighted by Gasteiger charge is 2.19. The zero-order valence-electron chi connectivity index (χ0n) is 8.26. The van der Waals surface area contributed by atoms with Crippen LogP contribution in [0.15, 0.2) is 24.3 Å². The maximum atomic E-state index is 8.94. The summed E-state index contributed by atoms with van der Waals surface area (Å²) in [4.78, 5) is 0. The molecular formula is C11H14N2. The molecule has 0 amide bonds. The number of anilines is 1. The van der Waals surface area contributed by atoms with Crippen molar-refractivity contribution in [3.05, 3.63) is 29.8 Å². The zero-order valence-corrected chi connectivity index (χ0v) is 8.26. The Bertz CT molecular complexity index is 334. The topological polar surface area (TPSA) is 35.8 Å². The smallest absolute Gasteiger partial charge is 0.0767 e. The number of rotatable bonds is 2. The van der Waals surface area contributed by atoms with Crippen LogP contribution >= 0.6 is 0 Å². The van der Waals surface area contributed by atoms with Crippen molar-refractivity contribution < 1.29 is 0 Å². The van der Waals surface area contributed by atoms with E-state index < -0.39 is 5.41 Å². The molecule has 0 aliphatic rings. The molecule has 68 valence electrons. The van der Waals surface area contributed by atoms with Crippen LogP contribution in [0.4, 0.5) is 5.69 Å². The van der Waals surface area contributed by atoms with Crippen molar-refractivity contribution in [1.29, 1.82) is 5.26 Å². The van der Waals surface area contributed by atoms with E-state index in [4.69, 9.17) is 5.26 Å². The van der Waals surface area contributed by atoms with Gasteiger partial charge in [0.25, 0.3) is 0 Å². The van der Waals surface area contributed by atoms with Gasteiger partial charge < -0.3 is 5.32 Å². The first-order valence-electron chi connectivity index (χ1n) is 4.29. The molecule has 2 nitrogen and oxygen atoms in total. The van der Waals surface area contributed by atoms with Gasteiger partial charge in [0.15, 0.2) is 0 Å². The molecule has 1 rings (SSSR count). The van der Waals surface area contributed by atoms with Gasteiger partial charge in [-0.05, 0) is 31.5 Å². The van der Waals surface area contributed by atoms with E-state index in [1.807, 2.05) is 45.2 Å². The summed E-state index contributed by atoms with van der Waals surface area (Å²) in [5.41, 5.74) is 1.68. The highest BCUT2D eigenvalue weighted by atomic mass is 14.8. The molecule has 2 heteroatoms. The van der Waals surface area contributed by atoms with E-state index in [0.717, 1.165) is 11.3 Å². The molecule has 0 bridgehead atoms. The summed E-state index contributed by atoms with van der Waals surface area (Å²) in [6.45, 7) is 3.84. The SMILES string of the molecule is CNc1cccc(C(C)(C)C#N)c1. The molecule has 0 atom stereocenters. The van der Waals surface area contributed by atoms with Crippen molar-refractivity contribution in [3.8, 4) is 6.07 Å². The normalized spacial score (nSPS) is 10.6. The number of nitrogens with zero attached hydrogens (tertiary/aromatic N) is 1. The van der Waals surface area contributed by atoms with Crippen LogP contribution in [0.25, 0.3) is 0 Å². The van der Waals surface area contributed by atoms with E-state index in [1.165, 1.54) is 0 Å². The first kappa shape index (κ1) is 9.60. The molecule has 0 aromatic heterocycles. The molecule has 0 unspecified atom stereocenters. The monoisotopic (exact) mass is 174 g/mol. The number of benzene rings is 1. The summed E-state index contributed by atoms with van der Waals surface area (Å²) in [5.74, 6) is 0. The Hall–Kier alpha value is -1.49.